The lowest BCUT2D eigenvalue weighted by molar-refractivity contribution is 0.0758. The number of hydrogen-bond acceptors (Lipinski definition) is 4. The van der Waals surface area contributed by atoms with Gasteiger partial charge in [0.1, 0.15) is 5.82 Å². The number of H-pyrrole nitrogens is 1. The van der Waals surface area contributed by atoms with Gasteiger partial charge in [0, 0.05) is 38.4 Å². The number of carbonyl (C=O) groups is 2. The van der Waals surface area contributed by atoms with Gasteiger partial charge in [-0.15, -0.1) is 5.10 Å². The molecule has 4 rings (SSSR count). The standard InChI is InChI=1S/C18H24N6O2/c1-11-8-23(3)9-13(11)16(25)20-18(2)6-7-24(10-18)17(26)15-19-14(21-22-15)12-4-5-12/h8-9,12H,4-7,10H2,1-3H3,(H,20,25)(H,19,21,22). The zero-order chi connectivity index (χ0) is 18.5. The minimum Gasteiger partial charge on any atom is -0.356 e. The molecule has 1 unspecified atom stereocenters. The van der Waals surface area contributed by atoms with Gasteiger partial charge in [-0.05, 0) is 38.7 Å². The Kier molecular flexibility index (Phi) is 3.86. The smallest absolute Gasteiger partial charge is 0.293 e. The van der Waals surface area contributed by atoms with Crippen molar-refractivity contribution in [3.63, 3.8) is 0 Å². The lowest BCUT2D eigenvalue weighted by atomic mass is 10.0. The van der Waals surface area contributed by atoms with Crippen LogP contribution in [0.15, 0.2) is 12.4 Å². The summed E-state index contributed by atoms with van der Waals surface area (Å²) in [6, 6.07) is 0. The van der Waals surface area contributed by atoms with Crippen molar-refractivity contribution in [3.05, 3.63) is 35.2 Å². The Morgan fingerprint density at radius 3 is 2.77 bits per heavy atom. The number of amides is 2. The summed E-state index contributed by atoms with van der Waals surface area (Å²) in [6.07, 6.45) is 6.66. The van der Waals surface area contributed by atoms with E-state index in [4.69, 9.17) is 0 Å². The van der Waals surface area contributed by atoms with E-state index in [0.717, 1.165) is 24.2 Å². The highest BCUT2D eigenvalue weighted by atomic mass is 16.2. The summed E-state index contributed by atoms with van der Waals surface area (Å²) >= 11 is 0. The third-order valence-corrected chi connectivity index (χ3v) is 5.23. The number of hydrogen-bond donors (Lipinski definition) is 2. The highest BCUT2D eigenvalue weighted by Crippen LogP contribution is 2.37. The lowest BCUT2D eigenvalue weighted by Gasteiger charge is -2.26. The first-order chi connectivity index (χ1) is 12.3. The zero-order valence-corrected chi connectivity index (χ0v) is 15.4. The lowest BCUT2D eigenvalue weighted by Crippen LogP contribution is -2.48. The van der Waals surface area contributed by atoms with Gasteiger partial charge in [0.15, 0.2) is 0 Å². The van der Waals surface area contributed by atoms with E-state index in [-0.39, 0.29) is 17.6 Å². The van der Waals surface area contributed by atoms with Crippen LogP contribution in [-0.4, -0.2) is 55.1 Å². The fourth-order valence-electron chi connectivity index (χ4n) is 3.58. The quantitative estimate of drug-likeness (QED) is 0.865. The molecule has 1 saturated carbocycles. The van der Waals surface area contributed by atoms with Gasteiger partial charge < -0.3 is 14.8 Å². The van der Waals surface area contributed by atoms with Gasteiger partial charge in [0.25, 0.3) is 11.8 Å². The summed E-state index contributed by atoms with van der Waals surface area (Å²) in [4.78, 5) is 31.3. The molecule has 26 heavy (non-hydrogen) atoms. The fraction of sp³-hybridized carbons (Fsp3) is 0.556. The highest BCUT2D eigenvalue weighted by molar-refractivity contribution is 5.96. The summed E-state index contributed by atoms with van der Waals surface area (Å²) < 4.78 is 1.87. The molecule has 0 aromatic carbocycles. The van der Waals surface area contributed by atoms with E-state index < -0.39 is 5.54 Å². The average molecular weight is 356 g/mol. The molecule has 2 aromatic heterocycles. The van der Waals surface area contributed by atoms with Gasteiger partial charge in [-0.25, -0.2) is 4.98 Å². The number of nitrogens with zero attached hydrogens (tertiary/aromatic N) is 4. The van der Waals surface area contributed by atoms with Gasteiger partial charge in [0.05, 0.1) is 11.1 Å². The SMILES string of the molecule is Cc1cn(C)cc1C(=O)NC1(C)CCN(C(=O)c2n[nH]c(C3CC3)n2)C1. The van der Waals surface area contributed by atoms with E-state index >= 15 is 0 Å². The first-order valence-electron chi connectivity index (χ1n) is 9.01. The van der Waals surface area contributed by atoms with Crippen molar-refractivity contribution >= 4 is 11.8 Å². The summed E-state index contributed by atoms with van der Waals surface area (Å²) in [5, 5.41) is 10.1. The van der Waals surface area contributed by atoms with E-state index in [1.807, 2.05) is 37.9 Å². The molecule has 1 atom stereocenters. The van der Waals surface area contributed by atoms with E-state index in [1.165, 1.54) is 0 Å². The predicted molar refractivity (Wildman–Crippen MR) is 94.9 cm³/mol. The second kappa shape index (κ2) is 5.96. The van der Waals surface area contributed by atoms with Crippen molar-refractivity contribution in [2.24, 2.45) is 7.05 Å². The van der Waals surface area contributed by atoms with Crippen LogP contribution in [0.1, 0.15) is 64.5 Å². The molecule has 0 radical (unpaired) electrons. The molecule has 2 N–H and O–H groups in total. The van der Waals surface area contributed by atoms with Gasteiger partial charge in [-0.1, -0.05) is 0 Å². The number of aryl methyl sites for hydroxylation is 2. The molecular weight excluding hydrogens is 332 g/mol. The number of carbonyl (C=O) groups excluding carboxylic acids is 2. The van der Waals surface area contributed by atoms with Crippen molar-refractivity contribution < 1.29 is 9.59 Å². The highest BCUT2D eigenvalue weighted by Gasteiger charge is 2.39. The fourth-order valence-corrected chi connectivity index (χ4v) is 3.58. The minimum atomic E-state index is -0.454. The van der Waals surface area contributed by atoms with Crippen LogP contribution in [0.2, 0.25) is 0 Å². The molecule has 2 aliphatic rings. The number of likely N-dealkylation sites (tertiary alicyclic amines) is 1. The Hall–Kier alpha value is -2.64. The van der Waals surface area contributed by atoms with Crippen LogP contribution in [0.5, 0.6) is 0 Å². The Balaban J connectivity index is 1.42. The Labute approximate surface area is 152 Å². The molecule has 2 amide bonds. The maximum absolute atomic E-state index is 12.7. The first-order valence-corrected chi connectivity index (χ1v) is 9.01. The maximum atomic E-state index is 12.7. The molecule has 1 saturated heterocycles. The normalized spacial score (nSPS) is 22.7. The van der Waals surface area contributed by atoms with Gasteiger partial charge >= 0.3 is 0 Å². The summed E-state index contributed by atoms with van der Waals surface area (Å²) in [7, 11) is 1.90. The van der Waals surface area contributed by atoms with Crippen LogP contribution < -0.4 is 5.32 Å². The van der Waals surface area contributed by atoms with Crippen molar-refractivity contribution in [3.8, 4) is 0 Å². The van der Waals surface area contributed by atoms with Crippen LogP contribution in [0.3, 0.4) is 0 Å². The molecule has 2 fully saturated rings. The van der Waals surface area contributed by atoms with E-state index in [2.05, 4.69) is 20.5 Å². The van der Waals surface area contributed by atoms with Crippen molar-refractivity contribution in [2.45, 2.75) is 44.6 Å². The second-order valence-electron chi connectivity index (χ2n) is 7.83. The first kappa shape index (κ1) is 16.8. The molecular formula is C18H24N6O2. The van der Waals surface area contributed by atoms with Gasteiger partial charge in [-0.3, -0.25) is 14.7 Å². The topological polar surface area (TPSA) is 95.9 Å². The molecule has 8 heteroatoms. The monoisotopic (exact) mass is 356 g/mol. The molecule has 0 spiro atoms. The van der Waals surface area contributed by atoms with E-state index in [9.17, 15) is 9.59 Å². The van der Waals surface area contributed by atoms with Crippen LogP contribution in [0.25, 0.3) is 0 Å². The third-order valence-electron chi connectivity index (χ3n) is 5.23. The number of aromatic amines is 1. The van der Waals surface area contributed by atoms with E-state index in [1.54, 1.807) is 4.90 Å². The molecule has 138 valence electrons. The largest absolute Gasteiger partial charge is 0.356 e. The van der Waals surface area contributed by atoms with Crippen LogP contribution in [0.4, 0.5) is 0 Å². The zero-order valence-electron chi connectivity index (χ0n) is 15.4. The molecule has 1 aliphatic carbocycles. The molecule has 2 aromatic rings. The third kappa shape index (κ3) is 3.11. The summed E-state index contributed by atoms with van der Waals surface area (Å²) in [5.74, 6) is 1.18. The van der Waals surface area contributed by atoms with E-state index in [0.29, 0.717) is 31.0 Å². The number of aromatic nitrogens is 4. The minimum absolute atomic E-state index is 0.103. The Morgan fingerprint density at radius 2 is 2.12 bits per heavy atom. The summed E-state index contributed by atoms with van der Waals surface area (Å²) in [6.45, 7) is 4.93. The molecule has 8 nitrogen and oxygen atoms in total. The Bertz CT molecular complexity index is 865. The van der Waals surface area contributed by atoms with Crippen molar-refractivity contribution in [1.29, 1.82) is 0 Å². The number of nitrogens with one attached hydrogen (secondary N) is 2. The van der Waals surface area contributed by atoms with Gasteiger partial charge in [-0.2, -0.15) is 0 Å². The number of rotatable bonds is 4. The van der Waals surface area contributed by atoms with Crippen LogP contribution >= 0.6 is 0 Å². The van der Waals surface area contributed by atoms with Crippen LogP contribution in [-0.2, 0) is 7.05 Å². The van der Waals surface area contributed by atoms with Gasteiger partial charge in [0.2, 0.25) is 5.82 Å². The molecule has 0 bridgehead atoms. The second-order valence-corrected chi connectivity index (χ2v) is 7.83. The van der Waals surface area contributed by atoms with Crippen LogP contribution in [0, 0.1) is 6.92 Å². The maximum Gasteiger partial charge on any atom is 0.293 e. The molecule has 1 aliphatic heterocycles. The average Bonchev–Trinajstić information content (AvgIpc) is 3.02. The van der Waals surface area contributed by atoms with Crippen molar-refractivity contribution in [1.82, 2.24) is 30.0 Å². The molecule has 3 heterocycles. The van der Waals surface area contributed by atoms with Crippen molar-refractivity contribution in [2.75, 3.05) is 13.1 Å². The predicted octanol–water partition coefficient (Wildman–Crippen LogP) is 1.36. The Morgan fingerprint density at radius 1 is 1.35 bits per heavy atom. The summed E-state index contributed by atoms with van der Waals surface area (Å²) in [5.41, 5.74) is 1.15.